The van der Waals surface area contributed by atoms with Crippen molar-refractivity contribution in [3.05, 3.63) is 35.4 Å². The van der Waals surface area contributed by atoms with Crippen LogP contribution in [-0.2, 0) is 6.42 Å². The highest BCUT2D eigenvalue weighted by molar-refractivity contribution is 5.21. The first kappa shape index (κ1) is 11.7. The average molecular weight is 216 g/mol. The second kappa shape index (κ2) is 5.52. The molecule has 0 radical (unpaired) electrons. The molecule has 0 aromatic heterocycles. The van der Waals surface area contributed by atoms with Gasteiger partial charge in [0.1, 0.15) is 0 Å². The summed E-state index contributed by atoms with van der Waals surface area (Å²) in [6.45, 7) is 4.57. The SMILES string of the molecule is Cc1ccc(CC2CCCC(C)CC2)cc1. The van der Waals surface area contributed by atoms with Crippen LogP contribution >= 0.6 is 0 Å². The first-order valence-corrected chi connectivity index (χ1v) is 6.79. The molecular formula is C16H24. The van der Waals surface area contributed by atoms with E-state index in [1.165, 1.54) is 49.7 Å². The van der Waals surface area contributed by atoms with Crippen LogP contribution in [0.15, 0.2) is 24.3 Å². The van der Waals surface area contributed by atoms with Gasteiger partial charge < -0.3 is 0 Å². The van der Waals surface area contributed by atoms with Crippen molar-refractivity contribution in [2.45, 2.75) is 52.4 Å². The summed E-state index contributed by atoms with van der Waals surface area (Å²) in [6.07, 6.45) is 8.51. The van der Waals surface area contributed by atoms with Gasteiger partial charge in [0.15, 0.2) is 0 Å². The van der Waals surface area contributed by atoms with Crippen LogP contribution in [0.2, 0.25) is 0 Å². The van der Waals surface area contributed by atoms with E-state index in [-0.39, 0.29) is 0 Å². The molecule has 1 fully saturated rings. The Bertz CT molecular complexity index is 309. The third kappa shape index (κ3) is 3.37. The summed E-state index contributed by atoms with van der Waals surface area (Å²) in [5, 5.41) is 0. The van der Waals surface area contributed by atoms with Gasteiger partial charge in [-0.1, -0.05) is 62.4 Å². The molecule has 0 nitrogen and oxygen atoms in total. The fourth-order valence-corrected chi connectivity index (χ4v) is 2.83. The number of aryl methyl sites for hydroxylation is 1. The highest BCUT2D eigenvalue weighted by Crippen LogP contribution is 2.29. The van der Waals surface area contributed by atoms with Crippen molar-refractivity contribution >= 4 is 0 Å². The Morgan fingerprint density at radius 2 is 1.75 bits per heavy atom. The third-order valence-electron chi connectivity index (χ3n) is 4.02. The van der Waals surface area contributed by atoms with E-state index in [9.17, 15) is 0 Å². The molecule has 0 bridgehead atoms. The van der Waals surface area contributed by atoms with Crippen molar-refractivity contribution in [1.82, 2.24) is 0 Å². The Morgan fingerprint density at radius 3 is 2.50 bits per heavy atom. The topological polar surface area (TPSA) is 0 Å². The minimum atomic E-state index is 0.938. The van der Waals surface area contributed by atoms with Gasteiger partial charge in [-0.15, -0.1) is 0 Å². The zero-order valence-corrected chi connectivity index (χ0v) is 10.7. The first-order chi connectivity index (χ1) is 7.74. The lowest BCUT2D eigenvalue weighted by molar-refractivity contribution is 0.443. The molecule has 0 heterocycles. The van der Waals surface area contributed by atoms with Crippen molar-refractivity contribution in [2.75, 3.05) is 0 Å². The van der Waals surface area contributed by atoms with Crippen LogP contribution < -0.4 is 0 Å². The number of hydrogen-bond acceptors (Lipinski definition) is 0. The molecule has 0 heteroatoms. The molecule has 0 spiro atoms. The van der Waals surface area contributed by atoms with E-state index in [1.807, 2.05) is 0 Å². The largest absolute Gasteiger partial charge is 0.0625 e. The minimum Gasteiger partial charge on any atom is -0.0625 e. The lowest BCUT2D eigenvalue weighted by Crippen LogP contribution is -2.03. The normalized spacial score (nSPS) is 26.4. The molecule has 1 aliphatic rings. The van der Waals surface area contributed by atoms with Gasteiger partial charge in [-0.3, -0.25) is 0 Å². The summed E-state index contributed by atoms with van der Waals surface area (Å²) in [7, 11) is 0. The van der Waals surface area contributed by atoms with E-state index in [0.717, 1.165) is 11.8 Å². The molecule has 0 amide bonds. The Labute approximate surface area is 100 Å². The summed E-state index contributed by atoms with van der Waals surface area (Å²) in [5.74, 6) is 1.90. The van der Waals surface area contributed by atoms with E-state index in [0.29, 0.717) is 0 Å². The van der Waals surface area contributed by atoms with E-state index < -0.39 is 0 Å². The summed E-state index contributed by atoms with van der Waals surface area (Å²) in [5.41, 5.74) is 2.91. The maximum Gasteiger partial charge on any atom is -0.0250 e. The van der Waals surface area contributed by atoms with Crippen molar-refractivity contribution in [3.8, 4) is 0 Å². The summed E-state index contributed by atoms with van der Waals surface area (Å²) in [6, 6.07) is 9.11. The maximum atomic E-state index is 2.41. The van der Waals surface area contributed by atoms with Crippen LogP contribution in [-0.4, -0.2) is 0 Å². The Morgan fingerprint density at radius 1 is 1.00 bits per heavy atom. The molecule has 2 rings (SSSR count). The molecule has 88 valence electrons. The molecule has 0 aliphatic heterocycles. The lowest BCUT2D eigenvalue weighted by atomic mass is 9.92. The molecular weight excluding hydrogens is 192 g/mol. The fourth-order valence-electron chi connectivity index (χ4n) is 2.83. The van der Waals surface area contributed by atoms with Gasteiger partial charge in [0.05, 0.1) is 0 Å². The van der Waals surface area contributed by atoms with Crippen LogP contribution in [0.4, 0.5) is 0 Å². The van der Waals surface area contributed by atoms with E-state index >= 15 is 0 Å². The molecule has 1 saturated carbocycles. The molecule has 1 aliphatic carbocycles. The minimum absolute atomic E-state index is 0.938. The third-order valence-corrected chi connectivity index (χ3v) is 4.02. The maximum absolute atomic E-state index is 2.41. The predicted octanol–water partition coefficient (Wildman–Crippen LogP) is 4.75. The lowest BCUT2D eigenvalue weighted by Gasteiger charge is -2.14. The van der Waals surface area contributed by atoms with Gasteiger partial charge in [-0.25, -0.2) is 0 Å². The molecule has 16 heavy (non-hydrogen) atoms. The Hall–Kier alpha value is -0.780. The van der Waals surface area contributed by atoms with Crippen molar-refractivity contribution in [2.24, 2.45) is 11.8 Å². The number of rotatable bonds is 2. The average Bonchev–Trinajstić information content (AvgIpc) is 2.47. The highest BCUT2D eigenvalue weighted by atomic mass is 14.2. The van der Waals surface area contributed by atoms with Crippen LogP contribution in [0.3, 0.4) is 0 Å². The zero-order valence-electron chi connectivity index (χ0n) is 10.7. The van der Waals surface area contributed by atoms with Crippen LogP contribution in [0.1, 0.15) is 50.2 Å². The van der Waals surface area contributed by atoms with Crippen LogP contribution in [0.5, 0.6) is 0 Å². The number of benzene rings is 1. The number of hydrogen-bond donors (Lipinski definition) is 0. The van der Waals surface area contributed by atoms with E-state index in [4.69, 9.17) is 0 Å². The van der Waals surface area contributed by atoms with Gasteiger partial charge in [0.25, 0.3) is 0 Å². The quantitative estimate of drug-likeness (QED) is 0.626. The van der Waals surface area contributed by atoms with Gasteiger partial charge in [0, 0.05) is 0 Å². The summed E-state index contributed by atoms with van der Waals surface area (Å²) < 4.78 is 0. The van der Waals surface area contributed by atoms with Crippen LogP contribution in [0.25, 0.3) is 0 Å². The van der Waals surface area contributed by atoms with E-state index in [1.54, 1.807) is 0 Å². The molecule has 1 aromatic rings. The second-order valence-electron chi connectivity index (χ2n) is 5.67. The molecule has 0 saturated heterocycles. The summed E-state index contributed by atoms with van der Waals surface area (Å²) in [4.78, 5) is 0. The molecule has 1 aromatic carbocycles. The molecule has 2 atom stereocenters. The van der Waals surface area contributed by atoms with Gasteiger partial charge >= 0.3 is 0 Å². The Balaban J connectivity index is 1.91. The smallest absolute Gasteiger partial charge is 0.0250 e. The Kier molecular flexibility index (Phi) is 4.04. The molecule has 2 unspecified atom stereocenters. The van der Waals surface area contributed by atoms with Crippen molar-refractivity contribution in [1.29, 1.82) is 0 Å². The zero-order chi connectivity index (χ0) is 11.4. The fraction of sp³-hybridized carbons (Fsp3) is 0.625. The van der Waals surface area contributed by atoms with Gasteiger partial charge in [-0.2, -0.15) is 0 Å². The standard InChI is InChI=1S/C16H24/c1-13-4-3-5-15(9-6-13)12-16-10-7-14(2)8-11-16/h7-8,10-11,13,15H,3-6,9,12H2,1-2H3. The highest BCUT2D eigenvalue weighted by Gasteiger charge is 2.16. The van der Waals surface area contributed by atoms with Gasteiger partial charge in [-0.05, 0) is 37.2 Å². The van der Waals surface area contributed by atoms with Gasteiger partial charge in [0.2, 0.25) is 0 Å². The van der Waals surface area contributed by atoms with Crippen LogP contribution in [0, 0.1) is 18.8 Å². The molecule has 0 N–H and O–H groups in total. The van der Waals surface area contributed by atoms with Crippen molar-refractivity contribution < 1.29 is 0 Å². The monoisotopic (exact) mass is 216 g/mol. The predicted molar refractivity (Wildman–Crippen MR) is 70.6 cm³/mol. The van der Waals surface area contributed by atoms with E-state index in [2.05, 4.69) is 38.1 Å². The van der Waals surface area contributed by atoms with Crippen molar-refractivity contribution in [3.63, 3.8) is 0 Å². The second-order valence-corrected chi connectivity index (χ2v) is 5.67. The first-order valence-electron chi connectivity index (χ1n) is 6.79. The summed E-state index contributed by atoms with van der Waals surface area (Å²) >= 11 is 0.